The summed E-state index contributed by atoms with van der Waals surface area (Å²) in [6.45, 7) is 7.78. The third kappa shape index (κ3) is 11.1. The van der Waals surface area contributed by atoms with E-state index >= 15 is 0 Å². The van der Waals surface area contributed by atoms with Gasteiger partial charge in [-0.3, -0.25) is 0 Å². The largest absolute Gasteiger partial charge is 0.497 e. The second kappa shape index (κ2) is 21.1. The van der Waals surface area contributed by atoms with Crippen molar-refractivity contribution >= 4 is 53.0 Å². The lowest BCUT2D eigenvalue weighted by Gasteiger charge is -2.34. The zero-order valence-corrected chi connectivity index (χ0v) is 40.8. The van der Waals surface area contributed by atoms with E-state index in [0.29, 0.717) is 75.8 Å². The Balaban J connectivity index is 0.000000196. The minimum absolute atomic E-state index is 0.0994. The summed E-state index contributed by atoms with van der Waals surface area (Å²) in [6.07, 6.45) is 1.18. The van der Waals surface area contributed by atoms with Crippen LogP contribution in [0.25, 0.3) is 0 Å². The molecule has 66 heavy (non-hydrogen) atoms. The van der Waals surface area contributed by atoms with Crippen LogP contribution in [0.15, 0.2) is 93.3 Å². The van der Waals surface area contributed by atoms with Gasteiger partial charge in [0.1, 0.15) is 32.8 Å². The fraction of sp³-hybridized carbons (Fsp3) is 0.348. The van der Waals surface area contributed by atoms with Crippen LogP contribution in [-0.4, -0.2) is 116 Å². The number of hydrogen-bond donors (Lipinski definition) is 0. The van der Waals surface area contributed by atoms with Gasteiger partial charge in [-0.1, -0.05) is 24.3 Å². The van der Waals surface area contributed by atoms with E-state index in [0.717, 1.165) is 34.1 Å². The number of benzene rings is 4. The monoisotopic (exact) mass is 982 g/mol. The van der Waals surface area contributed by atoms with E-state index < -0.39 is 31.7 Å². The number of aryl methyl sites for hydroxylation is 2. The molecule has 2 aromatic heterocycles. The maximum atomic E-state index is 13.5. The van der Waals surface area contributed by atoms with Crippen LogP contribution in [0.2, 0.25) is 0 Å². The van der Waals surface area contributed by atoms with Crippen molar-refractivity contribution in [1.29, 1.82) is 0 Å². The standard InChI is InChI=1S/C24H29N3O4S2.C22H23F2N3O4S2/c1-17-5-6-19(13-18(17)2)14-20-16-32-24(25-20)26-9-11-27(12-10-26)33(28,29)23-8-7-21(30-3)15-22(23)31-4;1-30-17-4-6-21(20(13-17)31-2)33(28,29)27-9-7-26(8-10-27)22-25-16(14-32-22)11-15-3-5-18(23)19(24)12-15/h5-8,13,15-16H,9-12,14H2,1-4H3;3-6,12-14H,7-11H2,1-2H3. The SMILES string of the molecule is COc1ccc(S(=O)(=O)N2CCN(c3nc(Cc4ccc(C)c(C)c4)cs3)CC2)c(OC)c1.COc1ccc(S(=O)(=O)N2CCN(c3nc(Cc4ccc(F)c(F)c4)cs3)CC2)c(OC)c1. The summed E-state index contributed by atoms with van der Waals surface area (Å²) in [7, 11) is -1.48. The molecule has 0 spiro atoms. The maximum absolute atomic E-state index is 13.5. The first kappa shape index (κ1) is 48.6. The molecular formula is C46H52F2N6O8S4. The van der Waals surface area contributed by atoms with E-state index in [1.54, 1.807) is 41.7 Å². The summed E-state index contributed by atoms with van der Waals surface area (Å²) in [5, 5.41) is 5.68. The Morgan fingerprint density at radius 2 is 0.970 bits per heavy atom. The molecule has 4 aromatic carbocycles. The first-order chi connectivity index (χ1) is 31.6. The molecule has 0 unspecified atom stereocenters. The van der Waals surface area contributed by atoms with Crippen molar-refractivity contribution < 1.29 is 44.6 Å². The topological polar surface area (TPSA) is 144 Å². The predicted molar refractivity (Wildman–Crippen MR) is 253 cm³/mol. The highest BCUT2D eigenvalue weighted by Crippen LogP contribution is 2.34. The van der Waals surface area contributed by atoms with Crippen molar-refractivity contribution in [2.45, 2.75) is 36.5 Å². The van der Waals surface area contributed by atoms with Gasteiger partial charge in [0.2, 0.25) is 20.0 Å². The summed E-state index contributed by atoms with van der Waals surface area (Å²) >= 11 is 3.05. The summed E-state index contributed by atoms with van der Waals surface area (Å²) in [6, 6.07) is 19.7. The maximum Gasteiger partial charge on any atom is 0.246 e. The Kier molecular flexibility index (Phi) is 15.5. The van der Waals surface area contributed by atoms with Crippen molar-refractivity contribution in [3.05, 3.63) is 129 Å². The second-order valence-electron chi connectivity index (χ2n) is 15.6. The van der Waals surface area contributed by atoms with Gasteiger partial charge in [-0.15, -0.1) is 22.7 Å². The zero-order valence-electron chi connectivity index (χ0n) is 37.5. The van der Waals surface area contributed by atoms with Crippen LogP contribution in [-0.2, 0) is 32.9 Å². The van der Waals surface area contributed by atoms with E-state index in [1.165, 1.54) is 83.3 Å². The molecule has 2 aliphatic heterocycles. The summed E-state index contributed by atoms with van der Waals surface area (Å²) < 4.78 is 103. The van der Waals surface area contributed by atoms with Gasteiger partial charge in [-0.25, -0.2) is 35.6 Å². The first-order valence-electron chi connectivity index (χ1n) is 21.0. The molecule has 8 rings (SSSR count). The van der Waals surface area contributed by atoms with Gasteiger partial charge in [-0.05, 0) is 72.5 Å². The molecule has 0 bridgehead atoms. The number of piperazine rings is 2. The minimum atomic E-state index is -3.74. The number of rotatable bonds is 14. The van der Waals surface area contributed by atoms with Crippen LogP contribution in [0.4, 0.5) is 19.0 Å². The smallest absolute Gasteiger partial charge is 0.246 e. The van der Waals surface area contributed by atoms with Crippen LogP contribution >= 0.6 is 22.7 Å². The average Bonchev–Trinajstić information content (AvgIpc) is 4.01. The van der Waals surface area contributed by atoms with Crippen LogP contribution in [0.1, 0.15) is 33.6 Å². The number of hydrogen-bond acceptors (Lipinski definition) is 14. The van der Waals surface area contributed by atoms with E-state index in [-0.39, 0.29) is 21.3 Å². The summed E-state index contributed by atoms with van der Waals surface area (Å²) in [4.78, 5) is 13.9. The molecule has 14 nitrogen and oxygen atoms in total. The van der Waals surface area contributed by atoms with E-state index in [9.17, 15) is 25.6 Å². The first-order valence-corrected chi connectivity index (χ1v) is 25.6. The van der Waals surface area contributed by atoms with Crippen molar-refractivity contribution in [2.75, 3.05) is 90.6 Å². The van der Waals surface area contributed by atoms with E-state index in [2.05, 4.69) is 47.3 Å². The van der Waals surface area contributed by atoms with E-state index in [1.807, 2.05) is 10.3 Å². The van der Waals surface area contributed by atoms with Crippen LogP contribution < -0.4 is 28.7 Å². The van der Waals surface area contributed by atoms with Crippen molar-refractivity contribution in [3.8, 4) is 23.0 Å². The van der Waals surface area contributed by atoms with Gasteiger partial charge in [0.15, 0.2) is 21.9 Å². The molecule has 2 saturated heterocycles. The number of aromatic nitrogens is 2. The number of thiazole rings is 2. The second-order valence-corrected chi connectivity index (χ2v) is 21.1. The molecule has 0 N–H and O–H groups in total. The molecule has 20 heteroatoms. The normalized spacial score (nSPS) is 15.0. The van der Waals surface area contributed by atoms with Gasteiger partial charge in [-0.2, -0.15) is 8.61 Å². The Labute approximate surface area is 393 Å². The number of halogens is 2. The highest BCUT2D eigenvalue weighted by Gasteiger charge is 2.33. The molecule has 0 atom stereocenters. The number of ether oxygens (including phenoxy) is 4. The Morgan fingerprint density at radius 3 is 1.38 bits per heavy atom. The molecule has 0 amide bonds. The Hall–Kier alpha value is -5.38. The van der Waals surface area contributed by atoms with Crippen LogP contribution in [0, 0.1) is 25.5 Å². The van der Waals surface area contributed by atoms with E-state index in [4.69, 9.17) is 23.9 Å². The fourth-order valence-corrected chi connectivity index (χ4v) is 12.4. The Bertz CT molecular complexity index is 2670. The molecule has 2 fully saturated rings. The molecule has 4 heterocycles. The molecular weight excluding hydrogens is 931 g/mol. The quantitative estimate of drug-likeness (QED) is 0.107. The number of nitrogens with zero attached hydrogens (tertiary/aromatic N) is 6. The minimum Gasteiger partial charge on any atom is -0.497 e. The lowest BCUT2D eigenvalue weighted by atomic mass is 10.0. The Morgan fingerprint density at radius 1 is 0.530 bits per heavy atom. The lowest BCUT2D eigenvalue weighted by molar-refractivity contribution is 0.369. The number of sulfonamides is 2. The highest BCUT2D eigenvalue weighted by atomic mass is 32.2. The van der Waals surface area contributed by atoms with Crippen LogP contribution in [0.3, 0.4) is 0 Å². The number of anilines is 2. The molecule has 0 radical (unpaired) electrons. The molecule has 352 valence electrons. The van der Waals surface area contributed by atoms with Crippen molar-refractivity contribution in [2.24, 2.45) is 0 Å². The fourth-order valence-electron chi connectivity index (χ4n) is 7.52. The number of methoxy groups -OCH3 is 4. The predicted octanol–water partition coefficient (Wildman–Crippen LogP) is 7.42. The van der Waals surface area contributed by atoms with Gasteiger partial charge < -0.3 is 28.7 Å². The molecule has 6 aromatic rings. The third-order valence-corrected chi connectivity index (χ3v) is 17.2. The zero-order chi connectivity index (χ0) is 47.2. The van der Waals surface area contributed by atoms with Gasteiger partial charge in [0, 0.05) is 88.1 Å². The third-order valence-electron chi connectivity index (χ3n) is 11.4. The summed E-state index contributed by atoms with van der Waals surface area (Å²) in [5.41, 5.74) is 6.25. The van der Waals surface area contributed by atoms with Gasteiger partial charge in [0.05, 0.1) is 39.8 Å². The summed E-state index contributed by atoms with van der Waals surface area (Å²) in [5.74, 6) is -0.174. The van der Waals surface area contributed by atoms with Crippen molar-refractivity contribution in [3.63, 3.8) is 0 Å². The molecule has 0 aliphatic carbocycles. The van der Waals surface area contributed by atoms with Gasteiger partial charge in [0.25, 0.3) is 0 Å². The highest BCUT2D eigenvalue weighted by molar-refractivity contribution is 7.89. The van der Waals surface area contributed by atoms with Crippen molar-refractivity contribution in [1.82, 2.24) is 18.6 Å². The molecule has 0 saturated carbocycles. The molecule has 2 aliphatic rings. The van der Waals surface area contributed by atoms with Gasteiger partial charge >= 0.3 is 0 Å². The lowest BCUT2D eigenvalue weighted by Crippen LogP contribution is -2.48. The van der Waals surface area contributed by atoms with Crippen LogP contribution in [0.5, 0.6) is 23.0 Å². The average molecular weight is 983 g/mol.